The molecule has 1 nitrogen and oxygen atoms in total. The first-order chi connectivity index (χ1) is 5.52. The summed E-state index contributed by atoms with van der Waals surface area (Å²) in [7, 11) is 0. The van der Waals surface area contributed by atoms with Crippen molar-refractivity contribution in [3.63, 3.8) is 0 Å². The summed E-state index contributed by atoms with van der Waals surface area (Å²) in [5, 5.41) is 0. The van der Waals surface area contributed by atoms with Crippen LogP contribution < -0.4 is 0 Å². The highest BCUT2D eigenvalue weighted by molar-refractivity contribution is 4.57. The number of halogens is 2. The van der Waals surface area contributed by atoms with Gasteiger partial charge in [0, 0.05) is 6.42 Å². The van der Waals surface area contributed by atoms with Crippen molar-refractivity contribution in [2.45, 2.75) is 46.1 Å². The lowest BCUT2D eigenvalue weighted by atomic mass is 10.0. The van der Waals surface area contributed by atoms with Crippen molar-refractivity contribution >= 4 is 0 Å². The largest absolute Gasteiger partial charge is 0.355 e. The monoisotopic (exact) mass is 180 g/mol. The normalized spacial score (nSPS) is 14.8. The van der Waals surface area contributed by atoms with Crippen molar-refractivity contribution in [1.29, 1.82) is 0 Å². The predicted molar refractivity (Wildman–Crippen MR) is 45.3 cm³/mol. The van der Waals surface area contributed by atoms with Gasteiger partial charge in [0.15, 0.2) is 0 Å². The number of hydrogen-bond donors (Lipinski definition) is 0. The van der Waals surface area contributed by atoms with E-state index in [1.165, 1.54) is 0 Å². The van der Waals surface area contributed by atoms with E-state index < -0.39 is 6.11 Å². The lowest BCUT2D eigenvalue weighted by Gasteiger charge is -2.17. The van der Waals surface area contributed by atoms with Gasteiger partial charge in [0.25, 0.3) is 0 Å². The fourth-order valence-electron chi connectivity index (χ4n) is 0.902. The van der Waals surface area contributed by atoms with E-state index in [4.69, 9.17) is 0 Å². The number of alkyl halides is 2. The molecule has 0 amide bonds. The second kappa shape index (κ2) is 5.46. The smallest absolute Gasteiger partial charge is 0.321 e. The van der Waals surface area contributed by atoms with E-state index in [1.54, 1.807) is 6.92 Å². The van der Waals surface area contributed by atoms with E-state index in [-0.39, 0.29) is 13.0 Å². The molecule has 0 heterocycles. The van der Waals surface area contributed by atoms with Crippen molar-refractivity contribution in [3.8, 4) is 0 Å². The summed E-state index contributed by atoms with van der Waals surface area (Å²) in [6.45, 7) is 5.64. The van der Waals surface area contributed by atoms with Crippen LogP contribution >= 0.6 is 0 Å². The van der Waals surface area contributed by atoms with E-state index in [0.717, 1.165) is 6.42 Å². The second-order valence-electron chi connectivity index (χ2n) is 3.12. The van der Waals surface area contributed by atoms with E-state index in [1.807, 2.05) is 13.8 Å². The quantitative estimate of drug-likeness (QED) is 0.608. The van der Waals surface area contributed by atoms with Gasteiger partial charge >= 0.3 is 6.11 Å². The minimum atomic E-state index is -2.92. The van der Waals surface area contributed by atoms with E-state index >= 15 is 0 Å². The van der Waals surface area contributed by atoms with Crippen molar-refractivity contribution in [1.82, 2.24) is 0 Å². The molecule has 0 aromatic heterocycles. The van der Waals surface area contributed by atoms with E-state index in [0.29, 0.717) is 12.3 Å². The van der Waals surface area contributed by atoms with Crippen LogP contribution in [0.5, 0.6) is 0 Å². The Hall–Kier alpha value is -0.180. The Bertz CT molecular complexity index is 115. The highest BCUT2D eigenvalue weighted by Crippen LogP contribution is 2.24. The molecule has 0 radical (unpaired) electrons. The summed E-state index contributed by atoms with van der Waals surface area (Å²) >= 11 is 0. The van der Waals surface area contributed by atoms with Crippen LogP contribution in [0, 0.1) is 5.92 Å². The molecule has 12 heavy (non-hydrogen) atoms. The first-order valence-electron chi connectivity index (χ1n) is 4.53. The molecule has 0 rings (SSSR count). The van der Waals surface area contributed by atoms with Gasteiger partial charge in [-0.3, -0.25) is 0 Å². The molecule has 0 aromatic carbocycles. The molecular weight excluding hydrogens is 162 g/mol. The minimum absolute atomic E-state index is 0.0769. The third-order valence-corrected chi connectivity index (χ3v) is 1.98. The molecule has 0 aromatic rings. The topological polar surface area (TPSA) is 9.23 Å². The third-order valence-electron chi connectivity index (χ3n) is 1.98. The Kier molecular flexibility index (Phi) is 5.38. The summed E-state index contributed by atoms with van der Waals surface area (Å²) in [5.41, 5.74) is 0. The van der Waals surface area contributed by atoms with Crippen molar-refractivity contribution in [2.75, 3.05) is 6.61 Å². The molecule has 0 saturated carbocycles. The van der Waals surface area contributed by atoms with Gasteiger partial charge in [-0.05, 0) is 19.3 Å². The number of hydrogen-bond acceptors (Lipinski definition) is 1. The predicted octanol–water partition coefficient (Wildman–Crippen LogP) is 3.44. The highest BCUT2D eigenvalue weighted by Gasteiger charge is 2.28. The van der Waals surface area contributed by atoms with Crippen LogP contribution in [0.25, 0.3) is 0 Å². The molecule has 1 atom stereocenters. The molecule has 0 bridgehead atoms. The van der Waals surface area contributed by atoms with Gasteiger partial charge in [-0.15, -0.1) is 0 Å². The summed E-state index contributed by atoms with van der Waals surface area (Å²) in [6.07, 6.45) is -1.60. The Balaban J connectivity index is 3.59. The molecule has 74 valence electrons. The van der Waals surface area contributed by atoms with E-state index in [2.05, 4.69) is 4.74 Å². The van der Waals surface area contributed by atoms with Crippen LogP contribution in [0.1, 0.15) is 40.0 Å². The molecule has 0 fully saturated rings. The van der Waals surface area contributed by atoms with Gasteiger partial charge in [-0.1, -0.05) is 20.3 Å². The Morgan fingerprint density at radius 2 is 1.92 bits per heavy atom. The lowest BCUT2D eigenvalue weighted by molar-refractivity contribution is -0.241. The Labute approximate surface area is 73.1 Å². The number of ether oxygens (including phenoxy) is 1. The average molecular weight is 180 g/mol. The molecule has 0 aliphatic rings. The maximum absolute atomic E-state index is 12.7. The minimum Gasteiger partial charge on any atom is -0.321 e. The molecule has 0 spiro atoms. The highest BCUT2D eigenvalue weighted by atomic mass is 19.3. The number of rotatable bonds is 6. The first kappa shape index (κ1) is 11.8. The van der Waals surface area contributed by atoms with Crippen molar-refractivity contribution < 1.29 is 13.5 Å². The zero-order valence-electron chi connectivity index (χ0n) is 8.07. The van der Waals surface area contributed by atoms with Crippen LogP contribution in [0.15, 0.2) is 0 Å². The molecule has 0 N–H and O–H groups in total. The maximum atomic E-state index is 12.7. The molecule has 0 saturated heterocycles. The Morgan fingerprint density at radius 1 is 1.33 bits per heavy atom. The summed E-state index contributed by atoms with van der Waals surface area (Å²) in [6, 6.07) is 0. The van der Waals surface area contributed by atoms with Crippen LogP contribution in [-0.4, -0.2) is 12.7 Å². The van der Waals surface area contributed by atoms with Crippen molar-refractivity contribution in [3.05, 3.63) is 0 Å². The molecule has 0 aliphatic heterocycles. The second-order valence-corrected chi connectivity index (χ2v) is 3.12. The maximum Gasteiger partial charge on any atom is 0.355 e. The standard InChI is InChI=1S/C9H18F2O/c1-4-8(3)6-7-9(10,11)12-5-2/h8H,4-7H2,1-3H3. The molecular formula is C9H18F2O. The van der Waals surface area contributed by atoms with Crippen LogP contribution in [-0.2, 0) is 4.74 Å². The SMILES string of the molecule is CCOC(F)(F)CCC(C)CC. The van der Waals surface area contributed by atoms with Gasteiger partial charge in [0.05, 0.1) is 6.61 Å². The lowest BCUT2D eigenvalue weighted by Crippen LogP contribution is -2.21. The van der Waals surface area contributed by atoms with Crippen molar-refractivity contribution in [2.24, 2.45) is 5.92 Å². The van der Waals surface area contributed by atoms with Gasteiger partial charge in [-0.25, -0.2) is 0 Å². The van der Waals surface area contributed by atoms with Crippen LogP contribution in [0.4, 0.5) is 8.78 Å². The van der Waals surface area contributed by atoms with Gasteiger partial charge in [0.1, 0.15) is 0 Å². The summed E-state index contributed by atoms with van der Waals surface area (Å²) in [4.78, 5) is 0. The molecule has 3 heteroatoms. The fourth-order valence-corrected chi connectivity index (χ4v) is 0.902. The van der Waals surface area contributed by atoms with Gasteiger partial charge in [0.2, 0.25) is 0 Å². The van der Waals surface area contributed by atoms with E-state index in [9.17, 15) is 8.78 Å². The van der Waals surface area contributed by atoms with Crippen LogP contribution in [0.3, 0.4) is 0 Å². The fraction of sp³-hybridized carbons (Fsp3) is 1.00. The zero-order chi connectivity index (χ0) is 9.61. The zero-order valence-corrected chi connectivity index (χ0v) is 8.07. The Morgan fingerprint density at radius 3 is 2.33 bits per heavy atom. The summed E-state index contributed by atoms with van der Waals surface area (Å²) in [5.74, 6) is 0.358. The third kappa shape index (κ3) is 5.47. The summed E-state index contributed by atoms with van der Waals surface area (Å²) < 4.78 is 29.7. The van der Waals surface area contributed by atoms with Crippen LogP contribution in [0.2, 0.25) is 0 Å². The van der Waals surface area contributed by atoms with Gasteiger partial charge < -0.3 is 4.74 Å². The molecule has 1 unspecified atom stereocenters. The first-order valence-corrected chi connectivity index (χ1v) is 4.53. The van der Waals surface area contributed by atoms with Gasteiger partial charge in [-0.2, -0.15) is 8.78 Å². The molecule has 0 aliphatic carbocycles. The average Bonchev–Trinajstić information content (AvgIpc) is 2.00.